The molecular weight excluding hydrogens is 304 g/mol. The summed E-state index contributed by atoms with van der Waals surface area (Å²) in [6.45, 7) is 6.86. The SMILES string of the molecule is Cc1c(C(=O)N(C)CC(C)(C)CN)oc2c1C(=O)CCC2.Cl. The van der Waals surface area contributed by atoms with E-state index in [9.17, 15) is 9.59 Å². The lowest BCUT2D eigenvalue weighted by Crippen LogP contribution is -2.39. The van der Waals surface area contributed by atoms with E-state index in [1.807, 2.05) is 13.8 Å². The molecule has 2 rings (SSSR count). The van der Waals surface area contributed by atoms with Crippen molar-refractivity contribution in [2.45, 2.75) is 40.0 Å². The van der Waals surface area contributed by atoms with Gasteiger partial charge in [0, 0.05) is 32.0 Å². The molecule has 22 heavy (non-hydrogen) atoms. The molecule has 5 nitrogen and oxygen atoms in total. The highest BCUT2D eigenvalue weighted by molar-refractivity contribution is 6.03. The number of nitrogens with zero attached hydrogens (tertiary/aromatic N) is 1. The summed E-state index contributed by atoms with van der Waals surface area (Å²) >= 11 is 0. The number of amides is 1. The van der Waals surface area contributed by atoms with Crippen LogP contribution in [0.25, 0.3) is 0 Å². The monoisotopic (exact) mass is 328 g/mol. The quantitative estimate of drug-likeness (QED) is 0.921. The van der Waals surface area contributed by atoms with Crippen LogP contribution < -0.4 is 5.73 Å². The Kier molecular flexibility index (Phi) is 5.82. The Labute approximate surface area is 137 Å². The maximum Gasteiger partial charge on any atom is 0.289 e. The van der Waals surface area contributed by atoms with Crippen LogP contribution in [0, 0.1) is 12.3 Å². The van der Waals surface area contributed by atoms with E-state index in [1.165, 1.54) is 0 Å². The number of carbonyl (C=O) groups is 2. The van der Waals surface area contributed by atoms with Crippen molar-refractivity contribution in [3.05, 3.63) is 22.6 Å². The lowest BCUT2D eigenvalue weighted by molar-refractivity contribution is 0.0705. The number of fused-ring (bicyclic) bond motifs is 1. The predicted molar refractivity (Wildman–Crippen MR) is 87.8 cm³/mol. The molecule has 124 valence electrons. The molecule has 0 aliphatic heterocycles. The second-order valence-corrected chi connectivity index (χ2v) is 6.66. The number of hydrogen-bond acceptors (Lipinski definition) is 4. The molecular formula is C16H25ClN2O3. The van der Waals surface area contributed by atoms with E-state index < -0.39 is 0 Å². The largest absolute Gasteiger partial charge is 0.455 e. The topological polar surface area (TPSA) is 76.5 Å². The van der Waals surface area contributed by atoms with Gasteiger partial charge in [0.2, 0.25) is 0 Å². The standard InChI is InChI=1S/C16H24N2O3.ClH/c1-10-13-11(19)6-5-7-12(13)21-14(10)15(20)18(4)9-16(2,3)8-17;/h5-9,17H2,1-4H3;1H. The first-order valence-corrected chi connectivity index (χ1v) is 7.38. The first-order chi connectivity index (χ1) is 9.76. The van der Waals surface area contributed by atoms with Crippen molar-refractivity contribution in [2.75, 3.05) is 20.1 Å². The van der Waals surface area contributed by atoms with E-state index in [0.29, 0.717) is 42.2 Å². The predicted octanol–water partition coefficient (Wildman–Crippen LogP) is 2.59. The van der Waals surface area contributed by atoms with Crippen LogP contribution in [-0.2, 0) is 6.42 Å². The lowest BCUT2D eigenvalue weighted by atomic mass is 9.92. The zero-order valence-electron chi connectivity index (χ0n) is 13.7. The van der Waals surface area contributed by atoms with Crippen molar-refractivity contribution >= 4 is 24.1 Å². The van der Waals surface area contributed by atoms with Gasteiger partial charge >= 0.3 is 0 Å². The van der Waals surface area contributed by atoms with Gasteiger partial charge in [-0.3, -0.25) is 9.59 Å². The number of ketones is 1. The minimum atomic E-state index is -0.184. The molecule has 0 saturated heterocycles. The number of nitrogens with two attached hydrogens (primary N) is 1. The van der Waals surface area contributed by atoms with Crippen LogP contribution in [0.4, 0.5) is 0 Å². The van der Waals surface area contributed by atoms with Crippen molar-refractivity contribution in [1.29, 1.82) is 0 Å². The second kappa shape index (κ2) is 6.84. The van der Waals surface area contributed by atoms with Gasteiger partial charge in [-0.15, -0.1) is 12.4 Å². The van der Waals surface area contributed by atoms with Gasteiger partial charge in [-0.25, -0.2) is 0 Å². The molecule has 1 aromatic rings. The third kappa shape index (κ3) is 3.52. The van der Waals surface area contributed by atoms with Crippen LogP contribution in [0.15, 0.2) is 4.42 Å². The fourth-order valence-corrected chi connectivity index (χ4v) is 2.80. The second-order valence-electron chi connectivity index (χ2n) is 6.66. The van der Waals surface area contributed by atoms with Crippen molar-refractivity contribution in [3.8, 4) is 0 Å². The minimum Gasteiger partial charge on any atom is -0.455 e. The first-order valence-electron chi connectivity index (χ1n) is 7.38. The Morgan fingerprint density at radius 1 is 1.36 bits per heavy atom. The van der Waals surface area contributed by atoms with E-state index in [0.717, 1.165) is 12.8 Å². The van der Waals surface area contributed by atoms with Crippen LogP contribution in [0.2, 0.25) is 0 Å². The van der Waals surface area contributed by atoms with E-state index in [1.54, 1.807) is 18.9 Å². The van der Waals surface area contributed by atoms with Gasteiger partial charge in [-0.2, -0.15) is 0 Å². The number of halogens is 1. The maximum atomic E-state index is 12.6. The summed E-state index contributed by atoms with van der Waals surface area (Å²) in [7, 11) is 1.74. The number of furan rings is 1. The van der Waals surface area contributed by atoms with Gasteiger partial charge in [0.1, 0.15) is 5.76 Å². The van der Waals surface area contributed by atoms with Gasteiger partial charge < -0.3 is 15.1 Å². The van der Waals surface area contributed by atoms with Gasteiger partial charge in [0.05, 0.1) is 5.56 Å². The third-order valence-corrected chi connectivity index (χ3v) is 4.06. The zero-order valence-corrected chi connectivity index (χ0v) is 14.5. The van der Waals surface area contributed by atoms with Crippen LogP contribution in [0.1, 0.15) is 58.9 Å². The average molecular weight is 329 g/mol. The Hall–Kier alpha value is -1.33. The Bertz CT molecular complexity index is 578. The summed E-state index contributed by atoms with van der Waals surface area (Å²) in [6, 6.07) is 0. The molecule has 0 unspecified atom stereocenters. The molecule has 6 heteroatoms. The van der Waals surface area contributed by atoms with Crippen molar-refractivity contribution in [1.82, 2.24) is 4.90 Å². The fraction of sp³-hybridized carbons (Fsp3) is 0.625. The summed E-state index contributed by atoms with van der Waals surface area (Å²) in [5.41, 5.74) is 6.86. The number of Topliss-reactive ketones (excluding diaryl/α,β-unsaturated/α-hetero) is 1. The molecule has 0 bridgehead atoms. The smallest absolute Gasteiger partial charge is 0.289 e. The normalized spacial score (nSPS) is 14.3. The highest BCUT2D eigenvalue weighted by Gasteiger charge is 2.31. The molecule has 1 aliphatic carbocycles. The average Bonchev–Trinajstić information content (AvgIpc) is 2.76. The zero-order chi connectivity index (χ0) is 15.8. The Morgan fingerprint density at radius 2 is 2.00 bits per heavy atom. The molecule has 0 atom stereocenters. The number of hydrogen-bond donors (Lipinski definition) is 1. The molecule has 0 spiro atoms. The van der Waals surface area contributed by atoms with E-state index in [4.69, 9.17) is 10.2 Å². The molecule has 0 aromatic carbocycles. The highest BCUT2D eigenvalue weighted by atomic mass is 35.5. The minimum absolute atomic E-state index is 0. The fourth-order valence-electron chi connectivity index (χ4n) is 2.80. The molecule has 1 aromatic heterocycles. The number of carbonyl (C=O) groups excluding carboxylic acids is 2. The van der Waals surface area contributed by atoms with Crippen LogP contribution in [-0.4, -0.2) is 36.7 Å². The van der Waals surface area contributed by atoms with Crippen LogP contribution in [0.5, 0.6) is 0 Å². The summed E-state index contributed by atoms with van der Waals surface area (Å²) in [6.07, 6.45) is 2.06. The van der Waals surface area contributed by atoms with Crippen LogP contribution >= 0.6 is 12.4 Å². The van der Waals surface area contributed by atoms with E-state index >= 15 is 0 Å². The number of aryl methyl sites for hydroxylation is 1. The summed E-state index contributed by atoms with van der Waals surface area (Å²) in [5.74, 6) is 0.863. The maximum absolute atomic E-state index is 12.6. The third-order valence-electron chi connectivity index (χ3n) is 4.06. The molecule has 1 amide bonds. The van der Waals surface area contributed by atoms with Gasteiger partial charge in [-0.1, -0.05) is 13.8 Å². The van der Waals surface area contributed by atoms with E-state index in [2.05, 4.69) is 0 Å². The number of rotatable bonds is 4. The van der Waals surface area contributed by atoms with Gasteiger partial charge in [0.15, 0.2) is 11.5 Å². The molecule has 2 N–H and O–H groups in total. The summed E-state index contributed by atoms with van der Waals surface area (Å²) in [4.78, 5) is 26.2. The molecule has 0 saturated carbocycles. The van der Waals surface area contributed by atoms with Crippen molar-refractivity contribution < 1.29 is 14.0 Å². The van der Waals surface area contributed by atoms with Crippen molar-refractivity contribution in [2.24, 2.45) is 11.1 Å². The Balaban J connectivity index is 0.00000242. The highest BCUT2D eigenvalue weighted by Crippen LogP contribution is 2.30. The Morgan fingerprint density at radius 3 is 2.55 bits per heavy atom. The molecule has 0 fully saturated rings. The molecule has 0 radical (unpaired) electrons. The van der Waals surface area contributed by atoms with E-state index in [-0.39, 0.29) is 29.5 Å². The first kappa shape index (κ1) is 18.7. The van der Waals surface area contributed by atoms with Crippen molar-refractivity contribution in [3.63, 3.8) is 0 Å². The lowest BCUT2D eigenvalue weighted by Gasteiger charge is -2.28. The van der Waals surface area contributed by atoms with Gasteiger partial charge in [0.25, 0.3) is 5.91 Å². The van der Waals surface area contributed by atoms with Crippen LogP contribution in [0.3, 0.4) is 0 Å². The molecule has 1 aliphatic rings. The summed E-state index contributed by atoms with van der Waals surface area (Å²) in [5, 5.41) is 0. The molecule has 1 heterocycles. The van der Waals surface area contributed by atoms with Gasteiger partial charge in [-0.05, 0) is 25.3 Å². The summed E-state index contributed by atoms with van der Waals surface area (Å²) < 4.78 is 5.70.